The Bertz CT molecular complexity index is 1200. The number of aromatic nitrogens is 2. The lowest BCUT2D eigenvalue weighted by Crippen LogP contribution is -2.20. The molecule has 0 saturated carbocycles. The van der Waals surface area contributed by atoms with Crippen LogP contribution in [0.5, 0.6) is 0 Å². The van der Waals surface area contributed by atoms with Gasteiger partial charge in [0.15, 0.2) is 0 Å². The number of rotatable bonds is 11. The van der Waals surface area contributed by atoms with E-state index in [1.807, 2.05) is 13.0 Å². The predicted molar refractivity (Wildman–Crippen MR) is 137 cm³/mol. The van der Waals surface area contributed by atoms with Gasteiger partial charge in [-0.05, 0) is 76.4 Å². The molecule has 2 aromatic heterocycles. The van der Waals surface area contributed by atoms with Crippen LogP contribution in [0.3, 0.4) is 0 Å². The van der Waals surface area contributed by atoms with Crippen molar-refractivity contribution in [2.45, 2.75) is 90.8 Å². The molecule has 0 atom stereocenters. The van der Waals surface area contributed by atoms with Gasteiger partial charge in [-0.2, -0.15) is 13.2 Å². The number of nitrogens with one attached hydrogen (secondary N) is 1. The third kappa shape index (κ3) is 5.76. The van der Waals surface area contributed by atoms with Crippen molar-refractivity contribution in [1.29, 1.82) is 0 Å². The highest BCUT2D eigenvalue weighted by Crippen LogP contribution is 2.39. The summed E-state index contributed by atoms with van der Waals surface area (Å²) in [4.78, 5) is 17.1. The molecule has 0 spiro atoms. The number of benzene rings is 1. The fraction of sp³-hybridized carbons (Fsp3) is 0.607. The lowest BCUT2D eigenvalue weighted by atomic mass is 10.0. The summed E-state index contributed by atoms with van der Waals surface area (Å²) in [6, 6.07) is 4.17. The molecule has 4 rings (SSSR count). The van der Waals surface area contributed by atoms with Crippen molar-refractivity contribution < 1.29 is 13.2 Å². The highest BCUT2D eigenvalue weighted by Gasteiger charge is 2.34. The molecule has 0 unspecified atom stereocenters. The van der Waals surface area contributed by atoms with E-state index in [1.165, 1.54) is 64.6 Å². The van der Waals surface area contributed by atoms with Gasteiger partial charge in [-0.3, -0.25) is 4.79 Å². The number of halogens is 3. The molecular weight excluding hydrogens is 451 g/mol. The molecule has 3 heterocycles. The fourth-order valence-electron chi connectivity index (χ4n) is 5.87. The molecule has 4 nitrogen and oxygen atoms in total. The molecule has 0 radical (unpaired) electrons. The largest absolute Gasteiger partial charge is 0.417 e. The first kappa shape index (κ1) is 25.8. The Balaban J connectivity index is 1.42. The average Bonchev–Trinajstić information content (AvgIpc) is 3.42. The van der Waals surface area contributed by atoms with Gasteiger partial charge in [0.05, 0.1) is 5.56 Å². The summed E-state index contributed by atoms with van der Waals surface area (Å²) in [5, 5.41) is 0.718. The van der Waals surface area contributed by atoms with Crippen LogP contribution in [-0.4, -0.2) is 34.1 Å². The van der Waals surface area contributed by atoms with Gasteiger partial charge in [0.25, 0.3) is 0 Å². The standard InChI is InChI=1S/C28H38F3N3O/c1-3-23-20(2)26-24(14-13-22-27(26)21(28(29,30)31)19-25(35)32-22)34(23)18-10-8-6-4-5-7-9-15-33-16-11-12-17-33/h13-14,19H,3-12,15-18H2,1-2H3,(H,32,35). The fourth-order valence-corrected chi connectivity index (χ4v) is 5.87. The maximum atomic E-state index is 13.9. The van der Waals surface area contributed by atoms with Crippen LogP contribution < -0.4 is 5.56 Å². The summed E-state index contributed by atoms with van der Waals surface area (Å²) >= 11 is 0. The third-order valence-electron chi connectivity index (χ3n) is 7.61. The first-order valence-corrected chi connectivity index (χ1v) is 13.3. The molecule has 3 aromatic rings. The molecule has 1 saturated heterocycles. The number of hydrogen-bond donors (Lipinski definition) is 1. The molecule has 1 aliphatic rings. The van der Waals surface area contributed by atoms with E-state index < -0.39 is 17.3 Å². The zero-order chi connectivity index (χ0) is 25.0. The summed E-state index contributed by atoms with van der Waals surface area (Å²) in [6.45, 7) is 8.56. The van der Waals surface area contributed by atoms with Gasteiger partial charge in [0, 0.05) is 40.1 Å². The normalized spacial score (nSPS) is 15.1. The number of likely N-dealkylation sites (tertiary alicyclic amines) is 1. The van der Waals surface area contributed by atoms with Gasteiger partial charge < -0.3 is 14.5 Å². The quantitative estimate of drug-likeness (QED) is 0.289. The van der Waals surface area contributed by atoms with Crippen LogP contribution in [0.1, 0.15) is 81.5 Å². The van der Waals surface area contributed by atoms with Crippen LogP contribution in [0.15, 0.2) is 23.0 Å². The third-order valence-corrected chi connectivity index (χ3v) is 7.61. The predicted octanol–water partition coefficient (Wildman–Crippen LogP) is 7.20. The number of aromatic amines is 1. The topological polar surface area (TPSA) is 41.0 Å². The molecule has 7 heteroatoms. The summed E-state index contributed by atoms with van der Waals surface area (Å²) in [5.41, 5.74) is 1.44. The molecule has 1 N–H and O–H groups in total. The van der Waals surface area contributed by atoms with E-state index in [0.29, 0.717) is 11.5 Å². The number of aryl methyl sites for hydroxylation is 2. The van der Waals surface area contributed by atoms with Crippen molar-refractivity contribution in [2.75, 3.05) is 19.6 Å². The number of unbranched alkanes of at least 4 members (excludes halogenated alkanes) is 6. The van der Waals surface area contributed by atoms with Gasteiger partial charge in [-0.1, -0.05) is 39.0 Å². The monoisotopic (exact) mass is 489 g/mol. The van der Waals surface area contributed by atoms with Crippen molar-refractivity contribution in [3.8, 4) is 0 Å². The molecule has 1 aliphatic heterocycles. The molecule has 0 aliphatic carbocycles. The Morgan fingerprint density at radius 2 is 1.54 bits per heavy atom. The van der Waals surface area contributed by atoms with Crippen molar-refractivity contribution in [2.24, 2.45) is 0 Å². The number of H-pyrrole nitrogens is 1. The minimum absolute atomic E-state index is 0.106. The Labute approximate surface area is 205 Å². The second-order valence-corrected chi connectivity index (χ2v) is 10.0. The molecule has 1 fully saturated rings. The van der Waals surface area contributed by atoms with Gasteiger partial charge in [-0.15, -0.1) is 0 Å². The van der Waals surface area contributed by atoms with Crippen molar-refractivity contribution in [3.05, 3.63) is 45.4 Å². The molecule has 0 amide bonds. The second kappa shape index (κ2) is 11.2. The average molecular weight is 490 g/mol. The Hall–Kier alpha value is -2.28. The first-order valence-electron chi connectivity index (χ1n) is 13.3. The second-order valence-electron chi connectivity index (χ2n) is 10.0. The molecule has 35 heavy (non-hydrogen) atoms. The van der Waals surface area contributed by atoms with E-state index in [-0.39, 0.29) is 10.9 Å². The summed E-state index contributed by atoms with van der Waals surface area (Å²) in [7, 11) is 0. The van der Waals surface area contributed by atoms with E-state index in [1.54, 1.807) is 6.07 Å². The Morgan fingerprint density at radius 1 is 0.914 bits per heavy atom. The maximum absolute atomic E-state index is 13.9. The van der Waals surface area contributed by atoms with Gasteiger partial charge >= 0.3 is 6.18 Å². The van der Waals surface area contributed by atoms with Crippen LogP contribution in [0.2, 0.25) is 0 Å². The molecule has 1 aromatic carbocycles. The van der Waals surface area contributed by atoms with E-state index in [0.717, 1.165) is 42.6 Å². The number of pyridine rings is 1. The number of fused-ring (bicyclic) bond motifs is 3. The van der Waals surface area contributed by atoms with E-state index in [2.05, 4.69) is 21.4 Å². The van der Waals surface area contributed by atoms with Crippen LogP contribution in [0.25, 0.3) is 21.8 Å². The Morgan fingerprint density at radius 3 is 2.17 bits per heavy atom. The van der Waals surface area contributed by atoms with Gasteiger partial charge in [0.1, 0.15) is 0 Å². The van der Waals surface area contributed by atoms with Crippen LogP contribution in [-0.2, 0) is 19.1 Å². The highest BCUT2D eigenvalue weighted by atomic mass is 19.4. The van der Waals surface area contributed by atoms with Crippen molar-refractivity contribution in [3.63, 3.8) is 0 Å². The Kier molecular flexibility index (Phi) is 8.25. The number of nitrogens with zero attached hydrogens (tertiary/aromatic N) is 2. The van der Waals surface area contributed by atoms with E-state index >= 15 is 0 Å². The van der Waals surface area contributed by atoms with Crippen LogP contribution >= 0.6 is 0 Å². The summed E-state index contributed by atoms with van der Waals surface area (Å²) in [5.74, 6) is 0. The smallest absolute Gasteiger partial charge is 0.344 e. The highest BCUT2D eigenvalue weighted by molar-refractivity contribution is 6.09. The van der Waals surface area contributed by atoms with E-state index in [9.17, 15) is 18.0 Å². The SMILES string of the molecule is CCc1c(C)c2c3c(C(F)(F)F)cc(=O)[nH]c3ccc2n1CCCCCCCCCN1CCCC1. The molecule has 192 valence electrons. The minimum Gasteiger partial charge on any atom is -0.344 e. The summed E-state index contributed by atoms with van der Waals surface area (Å²) < 4.78 is 43.8. The summed E-state index contributed by atoms with van der Waals surface area (Å²) in [6.07, 6.45) is 7.35. The lowest BCUT2D eigenvalue weighted by molar-refractivity contribution is -0.136. The molecule has 0 bridgehead atoms. The number of alkyl halides is 3. The molecular formula is C28H38F3N3O. The van der Waals surface area contributed by atoms with E-state index in [4.69, 9.17) is 0 Å². The van der Waals surface area contributed by atoms with Crippen molar-refractivity contribution >= 4 is 21.8 Å². The zero-order valence-corrected chi connectivity index (χ0v) is 21.1. The zero-order valence-electron chi connectivity index (χ0n) is 21.1. The van der Waals surface area contributed by atoms with Crippen molar-refractivity contribution in [1.82, 2.24) is 14.5 Å². The first-order chi connectivity index (χ1) is 16.8. The maximum Gasteiger partial charge on any atom is 0.417 e. The van der Waals surface area contributed by atoms with Crippen LogP contribution in [0.4, 0.5) is 13.2 Å². The number of hydrogen-bond acceptors (Lipinski definition) is 2. The van der Waals surface area contributed by atoms with Gasteiger partial charge in [-0.25, -0.2) is 0 Å². The van der Waals surface area contributed by atoms with Gasteiger partial charge in [0.2, 0.25) is 5.56 Å². The van der Waals surface area contributed by atoms with Crippen LogP contribution in [0, 0.1) is 6.92 Å². The minimum atomic E-state index is -4.59. The lowest BCUT2D eigenvalue weighted by Gasteiger charge is -2.14.